The minimum absolute atomic E-state index is 0.235. The fourth-order valence-corrected chi connectivity index (χ4v) is 2.50. The van der Waals surface area contributed by atoms with Crippen LogP contribution in [0.25, 0.3) is 0 Å². The summed E-state index contributed by atoms with van der Waals surface area (Å²) in [6.07, 6.45) is 0.918. The second-order valence-corrected chi connectivity index (χ2v) is 5.22. The highest BCUT2D eigenvalue weighted by molar-refractivity contribution is 6.34. The molecule has 104 valence electrons. The summed E-state index contributed by atoms with van der Waals surface area (Å²) in [7, 11) is 0. The quantitative estimate of drug-likeness (QED) is 0.892. The van der Waals surface area contributed by atoms with Crippen LogP contribution in [0, 0.1) is 11.3 Å². The molecular weight excluding hydrogens is 286 g/mol. The monoisotopic (exact) mass is 297 g/mol. The molecule has 0 bridgehead atoms. The van der Waals surface area contributed by atoms with E-state index in [1.165, 1.54) is 0 Å². The van der Waals surface area contributed by atoms with E-state index in [1.54, 1.807) is 24.3 Å². The van der Waals surface area contributed by atoms with E-state index in [9.17, 15) is 4.79 Å². The molecule has 0 aromatic heterocycles. The SMILES string of the molecule is N#Cc1ccc(Cl)c(NC(=O)c2ccc3c(c2)CCN3)c1. The molecule has 1 amide bonds. The highest BCUT2D eigenvalue weighted by Gasteiger charge is 2.14. The van der Waals surface area contributed by atoms with Gasteiger partial charge in [0.1, 0.15) is 0 Å². The zero-order valence-electron chi connectivity index (χ0n) is 11.1. The number of carbonyl (C=O) groups is 1. The third-order valence-electron chi connectivity index (χ3n) is 3.42. The third kappa shape index (κ3) is 2.69. The van der Waals surface area contributed by atoms with Gasteiger partial charge in [-0.15, -0.1) is 0 Å². The Morgan fingerprint density at radius 2 is 2.14 bits per heavy atom. The summed E-state index contributed by atoms with van der Waals surface area (Å²) in [4.78, 5) is 12.3. The van der Waals surface area contributed by atoms with Crippen LogP contribution in [0.3, 0.4) is 0 Å². The Bertz CT molecular complexity index is 765. The van der Waals surface area contributed by atoms with Gasteiger partial charge in [-0.05, 0) is 48.4 Å². The number of nitriles is 1. The van der Waals surface area contributed by atoms with E-state index in [1.807, 2.05) is 18.2 Å². The second-order valence-electron chi connectivity index (χ2n) is 4.81. The lowest BCUT2D eigenvalue weighted by molar-refractivity contribution is 0.102. The van der Waals surface area contributed by atoms with Crippen LogP contribution in [0.2, 0.25) is 5.02 Å². The first-order valence-corrected chi connectivity index (χ1v) is 6.93. The van der Waals surface area contributed by atoms with Crippen molar-refractivity contribution in [2.45, 2.75) is 6.42 Å². The molecule has 21 heavy (non-hydrogen) atoms. The second kappa shape index (κ2) is 5.47. The lowest BCUT2D eigenvalue weighted by atomic mass is 10.1. The minimum atomic E-state index is -0.235. The largest absolute Gasteiger partial charge is 0.384 e. The van der Waals surface area contributed by atoms with Crippen molar-refractivity contribution in [1.29, 1.82) is 5.26 Å². The van der Waals surface area contributed by atoms with E-state index >= 15 is 0 Å². The minimum Gasteiger partial charge on any atom is -0.384 e. The number of fused-ring (bicyclic) bond motifs is 1. The maximum absolute atomic E-state index is 12.3. The number of halogens is 1. The number of nitrogens with zero attached hydrogens (tertiary/aromatic N) is 1. The van der Waals surface area contributed by atoms with Crippen LogP contribution in [0.1, 0.15) is 21.5 Å². The van der Waals surface area contributed by atoms with Crippen LogP contribution in [-0.4, -0.2) is 12.5 Å². The molecule has 2 aromatic rings. The molecule has 0 spiro atoms. The molecule has 0 unspecified atom stereocenters. The molecular formula is C16H12ClN3O. The maximum Gasteiger partial charge on any atom is 0.255 e. The predicted octanol–water partition coefficient (Wildman–Crippen LogP) is 3.43. The maximum atomic E-state index is 12.3. The number of benzene rings is 2. The fourth-order valence-electron chi connectivity index (χ4n) is 2.33. The molecule has 5 heteroatoms. The van der Waals surface area contributed by atoms with Crippen LogP contribution in [0.15, 0.2) is 36.4 Å². The first kappa shape index (κ1) is 13.5. The summed E-state index contributed by atoms with van der Waals surface area (Å²) in [5, 5.41) is 15.3. The van der Waals surface area contributed by atoms with Crippen molar-refractivity contribution in [1.82, 2.24) is 0 Å². The predicted molar refractivity (Wildman–Crippen MR) is 82.8 cm³/mol. The van der Waals surface area contributed by atoms with Crippen LogP contribution in [0.5, 0.6) is 0 Å². The standard InChI is InChI=1S/C16H12ClN3O/c17-13-3-1-10(9-18)7-15(13)20-16(21)12-2-4-14-11(8-12)5-6-19-14/h1-4,7-8,19H,5-6H2,(H,20,21). The Kier molecular flexibility index (Phi) is 3.51. The average molecular weight is 298 g/mol. The zero-order chi connectivity index (χ0) is 14.8. The topological polar surface area (TPSA) is 64.9 Å². The van der Waals surface area contributed by atoms with Crippen molar-refractivity contribution in [3.05, 3.63) is 58.1 Å². The first-order valence-electron chi connectivity index (χ1n) is 6.55. The van der Waals surface area contributed by atoms with Gasteiger partial charge < -0.3 is 10.6 Å². The summed E-state index contributed by atoms with van der Waals surface area (Å²) in [5.74, 6) is -0.235. The number of carbonyl (C=O) groups excluding carboxylic acids is 1. The van der Waals surface area contributed by atoms with Crippen molar-refractivity contribution >= 4 is 28.9 Å². The van der Waals surface area contributed by atoms with Crippen molar-refractivity contribution < 1.29 is 4.79 Å². The van der Waals surface area contributed by atoms with Crippen LogP contribution in [-0.2, 0) is 6.42 Å². The Hall–Kier alpha value is -2.51. The van der Waals surface area contributed by atoms with Gasteiger partial charge in [-0.2, -0.15) is 5.26 Å². The van der Waals surface area contributed by atoms with Gasteiger partial charge >= 0.3 is 0 Å². The van der Waals surface area contributed by atoms with Crippen molar-refractivity contribution in [2.75, 3.05) is 17.2 Å². The summed E-state index contributed by atoms with van der Waals surface area (Å²) in [6, 6.07) is 12.4. The molecule has 0 radical (unpaired) electrons. The third-order valence-corrected chi connectivity index (χ3v) is 3.75. The van der Waals surface area contributed by atoms with E-state index in [2.05, 4.69) is 10.6 Å². The molecule has 0 saturated carbocycles. The molecule has 2 aromatic carbocycles. The summed E-state index contributed by atoms with van der Waals surface area (Å²) in [6.45, 7) is 0.899. The number of hydrogen-bond acceptors (Lipinski definition) is 3. The van der Waals surface area contributed by atoms with E-state index in [0.29, 0.717) is 21.8 Å². The molecule has 1 aliphatic rings. The number of nitrogens with one attached hydrogen (secondary N) is 2. The summed E-state index contributed by atoms with van der Waals surface area (Å²) < 4.78 is 0. The van der Waals surface area contributed by atoms with Gasteiger partial charge in [-0.25, -0.2) is 0 Å². The Morgan fingerprint density at radius 3 is 2.95 bits per heavy atom. The van der Waals surface area contributed by atoms with Gasteiger partial charge in [0, 0.05) is 17.8 Å². The molecule has 0 atom stereocenters. The van der Waals surface area contributed by atoms with Crippen LogP contribution < -0.4 is 10.6 Å². The van der Waals surface area contributed by atoms with E-state index in [0.717, 1.165) is 24.2 Å². The number of amides is 1. The number of anilines is 2. The Morgan fingerprint density at radius 1 is 1.29 bits per heavy atom. The van der Waals surface area contributed by atoms with Gasteiger partial charge in [0.25, 0.3) is 5.91 Å². The Balaban J connectivity index is 1.85. The first-order chi connectivity index (χ1) is 10.2. The lowest BCUT2D eigenvalue weighted by Gasteiger charge is -2.09. The smallest absolute Gasteiger partial charge is 0.255 e. The van der Waals surface area contributed by atoms with E-state index in [4.69, 9.17) is 16.9 Å². The number of hydrogen-bond donors (Lipinski definition) is 2. The van der Waals surface area contributed by atoms with Gasteiger partial charge in [-0.1, -0.05) is 11.6 Å². The van der Waals surface area contributed by atoms with Crippen molar-refractivity contribution in [3.8, 4) is 6.07 Å². The molecule has 1 heterocycles. The molecule has 2 N–H and O–H groups in total. The van der Waals surface area contributed by atoms with E-state index < -0.39 is 0 Å². The fraction of sp³-hybridized carbons (Fsp3) is 0.125. The molecule has 0 aliphatic carbocycles. The van der Waals surface area contributed by atoms with Gasteiger partial charge in [0.05, 0.1) is 22.3 Å². The van der Waals surface area contributed by atoms with Crippen molar-refractivity contribution in [3.63, 3.8) is 0 Å². The summed E-state index contributed by atoms with van der Waals surface area (Å²) >= 11 is 6.04. The average Bonchev–Trinajstić information content (AvgIpc) is 2.96. The Labute approximate surface area is 127 Å². The summed E-state index contributed by atoms with van der Waals surface area (Å²) in [5.41, 5.74) is 3.69. The van der Waals surface area contributed by atoms with Crippen LogP contribution >= 0.6 is 11.6 Å². The van der Waals surface area contributed by atoms with Gasteiger partial charge in [-0.3, -0.25) is 4.79 Å². The van der Waals surface area contributed by atoms with Crippen molar-refractivity contribution in [2.24, 2.45) is 0 Å². The number of rotatable bonds is 2. The molecule has 1 aliphatic heterocycles. The normalized spacial score (nSPS) is 12.2. The highest BCUT2D eigenvalue weighted by Crippen LogP contribution is 2.26. The van der Waals surface area contributed by atoms with E-state index in [-0.39, 0.29) is 5.91 Å². The van der Waals surface area contributed by atoms with Gasteiger partial charge in [0.2, 0.25) is 0 Å². The van der Waals surface area contributed by atoms with Crippen LogP contribution in [0.4, 0.5) is 11.4 Å². The molecule has 0 fully saturated rings. The molecule has 3 rings (SSSR count). The molecule has 4 nitrogen and oxygen atoms in total. The lowest BCUT2D eigenvalue weighted by Crippen LogP contribution is -2.12. The zero-order valence-corrected chi connectivity index (χ0v) is 11.9. The molecule has 0 saturated heterocycles. The highest BCUT2D eigenvalue weighted by atomic mass is 35.5. The van der Waals surface area contributed by atoms with Gasteiger partial charge in [0.15, 0.2) is 0 Å².